The van der Waals surface area contributed by atoms with E-state index in [1.54, 1.807) is 74.6 Å². The number of nitrogens with one attached hydrogen (secondary N) is 2. The minimum absolute atomic E-state index is 0.0166. The van der Waals surface area contributed by atoms with Gasteiger partial charge in [0.1, 0.15) is 17.8 Å². The van der Waals surface area contributed by atoms with Gasteiger partial charge in [-0.2, -0.15) is 0 Å². The zero-order valence-corrected chi connectivity index (χ0v) is 37.7. The second-order valence-corrected chi connectivity index (χ2v) is 18.3. The van der Waals surface area contributed by atoms with E-state index in [1.807, 2.05) is 36.6 Å². The predicted octanol–water partition coefficient (Wildman–Crippen LogP) is 7.64. The van der Waals surface area contributed by atoms with Crippen molar-refractivity contribution in [1.82, 2.24) is 20.4 Å². The van der Waals surface area contributed by atoms with Gasteiger partial charge in [0.05, 0.1) is 44.4 Å². The molecule has 2 saturated heterocycles. The van der Waals surface area contributed by atoms with Crippen molar-refractivity contribution in [2.24, 2.45) is 5.41 Å². The summed E-state index contributed by atoms with van der Waals surface area (Å²) < 4.78 is 17.2. The molecule has 5 amide bonds. The van der Waals surface area contributed by atoms with Gasteiger partial charge in [-0.15, -0.1) is 11.3 Å². The summed E-state index contributed by atoms with van der Waals surface area (Å²) in [6, 6.07) is 18.3. The molecule has 0 spiro atoms. The number of benzene rings is 3. The van der Waals surface area contributed by atoms with Gasteiger partial charge in [-0.25, -0.2) is 4.85 Å². The molecule has 0 aliphatic carbocycles. The minimum atomic E-state index is -1.00. The highest BCUT2D eigenvalue weighted by atomic mass is 32.2. The number of aliphatic hydroxyl groups excluding tert-OH is 1. The van der Waals surface area contributed by atoms with E-state index in [1.165, 1.54) is 22.5 Å². The van der Waals surface area contributed by atoms with Crippen molar-refractivity contribution in [2.75, 3.05) is 33.4 Å². The number of nitrogens with zero attached hydrogens (tertiary/aromatic N) is 3. The molecule has 1 unspecified atom stereocenters. The van der Waals surface area contributed by atoms with E-state index in [4.69, 9.17) is 20.8 Å². The third-order valence-corrected chi connectivity index (χ3v) is 12.6. The van der Waals surface area contributed by atoms with Crippen LogP contribution in [0.5, 0.6) is 17.2 Å². The van der Waals surface area contributed by atoms with E-state index < -0.39 is 52.5 Å². The fraction of sp³-hybridized carbons (Fsp3) is 0.362. The molecule has 2 aliphatic heterocycles. The maximum atomic E-state index is 14.0. The van der Waals surface area contributed by atoms with Gasteiger partial charge in [0.2, 0.25) is 17.7 Å². The van der Waals surface area contributed by atoms with Crippen LogP contribution >= 0.6 is 23.1 Å². The SMILES string of the molecule is [C-]#[N+]c1ccc(Oc2ccc(/C=C3\SC(=O)N(CCOCCC(=O)N[C@H](C(=O)N4C[C@@H](O)CC4C(=O)NCc4ccc(-c5sccc5C)cc4)C(C)(C)C)C3=O)cc2OC)c(C)c1. The predicted molar refractivity (Wildman–Crippen MR) is 242 cm³/mol. The Bertz CT molecular complexity index is 2440. The molecule has 0 bridgehead atoms. The van der Waals surface area contributed by atoms with Crippen LogP contribution < -0.4 is 20.1 Å². The second kappa shape index (κ2) is 20.5. The molecular formula is C47H51N5O9S2. The summed E-state index contributed by atoms with van der Waals surface area (Å²) >= 11 is 2.47. The normalized spacial score (nSPS) is 17.5. The Labute approximate surface area is 375 Å². The van der Waals surface area contributed by atoms with Crippen molar-refractivity contribution in [2.45, 2.75) is 72.2 Å². The van der Waals surface area contributed by atoms with Crippen LogP contribution in [-0.2, 0) is 30.5 Å². The number of ether oxygens (including phenoxy) is 3. The first-order valence-electron chi connectivity index (χ1n) is 20.4. The van der Waals surface area contributed by atoms with E-state index in [0.29, 0.717) is 28.5 Å². The zero-order valence-electron chi connectivity index (χ0n) is 36.1. The highest BCUT2D eigenvalue weighted by Crippen LogP contribution is 2.38. The summed E-state index contributed by atoms with van der Waals surface area (Å²) in [7, 11) is 1.49. The molecule has 1 aromatic heterocycles. The Kier molecular flexibility index (Phi) is 15.1. The minimum Gasteiger partial charge on any atom is -0.493 e. The van der Waals surface area contributed by atoms with Crippen LogP contribution in [0.25, 0.3) is 21.4 Å². The van der Waals surface area contributed by atoms with Gasteiger partial charge in [0.15, 0.2) is 17.2 Å². The van der Waals surface area contributed by atoms with Gasteiger partial charge in [0.25, 0.3) is 11.1 Å². The van der Waals surface area contributed by atoms with E-state index >= 15 is 0 Å². The van der Waals surface area contributed by atoms with Crippen molar-refractivity contribution < 1.29 is 43.3 Å². The van der Waals surface area contributed by atoms with Gasteiger partial charge >= 0.3 is 0 Å². The van der Waals surface area contributed by atoms with Crippen LogP contribution in [-0.4, -0.2) is 95.4 Å². The lowest BCUT2D eigenvalue weighted by atomic mass is 9.85. The number of rotatable bonds is 16. The van der Waals surface area contributed by atoms with E-state index in [-0.39, 0.29) is 50.6 Å². The summed E-state index contributed by atoms with van der Waals surface area (Å²) in [5.74, 6) is -0.393. The maximum Gasteiger partial charge on any atom is 0.293 e. The lowest BCUT2D eigenvalue weighted by Crippen LogP contribution is -2.57. The number of hydrogen-bond acceptors (Lipinski definition) is 11. The first-order valence-corrected chi connectivity index (χ1v) is 22.1. The quantitative estimate of drug-likeness (QED) is 0.0578. The van der Waals surface area contributed by atoms with E-state index in [2.05, 4.69) is 28.5 Å². The van der Waals surface area contributed by atoms with Gasteiger partial charge < -0.3 is 34.9 Å². The van der Waals surface area contributed by atoms with E-state index in [9.17, 15) is 29.1 Å². The molecule has 2 fully saturated rings. The molecule has 0 saturated carbocycles. The van der Waals surface area contributed by atoms with Crippen molar-refractivity contribution >= 4 is 63.7 Å². The van der Waals surface area contributed by atoms with E-state index in [0.717, 1.165) is 33.4 Å². The van der Waals surface area contributed by atoms with Crippen LogP contribution in [0.2, 0.25) is 0 Å². The summed E-state index contributed by atoms with van der Waals surface area (Å²) in [5.41, 5.74) is 4.35. The number of thiophene rings is 1. The number of imide groups is 1. The highest BCUT2D eigenvalue weighted by molar-refractivity contribution is 8.18. The number of methoxy groups -OCH3 is 1. The summed E-state index contributed by atoms with van der Waals surface area (Å²) in [5, 5.41) is 17.9. The number of thioether (sulfide) groups is 1. The largest absolute Gasteiger partial charge is 0.493 e. The third kappa shape index (κ3) is 11.5. The van der Waals surface area contributed by atoms with Crippen molar-refractivity contribution in [3.63, 3.8) is 0 Å². The van der Waals surface area contributed by atoms with Gasteiger partial charge in [-0.05, 0) is 101 Å². The molecule has 0 radical (unpaired) electrons. The Morgan fingerprint density at radius 1 is 0.984 bits per heavy atom. The Hall–Kier alpha value is -5.99. The van der Waals surface area contributed by atoms with Crippen molar-refractivity contribution in [3.05, 3.63) is 111 Å². The third-order valence-electron chi connectivity index (χ3n) is 10.6. The molecule has 6 rings (SSSR count). The summed E-state index contributed by atoms with van der Waals surface area (Å²) in [6.45, 7) is 16.6. The Balaban J connectivity index is 0.971. The number of hydrogen-bond donors (Lipinski definition) is 3. The number of amides is 5. The first kappa shape index (κ1) is 46.5. The number of carbonyl (C=O) groups excluding carboxylic acids is 5. The van der Waals surface area contributed by atoms with Crippen molar-refractivity contribution in [1.29, 1.82) is 0 Å². The molecular weight excluding hydrogens is 843 g/mol. The number of carbonyl (C=O) groups is 5. The highest BCUT2D eigenvalue weighted by Gasteiger charge is 2.44. The fourth-order valence-electron chi connectivity index (χ4n) is 7.16. The zero-order chi connectivity index (χ0) is 45.4. The number of aryl methyl sites for hydroxylation is 2. The van der Waals surface area contributed by atoms with Crippen LogP contribution in [0.3, 0.4) is 0 Å². The second-order valence-electron chi connectivity index (χ2n) is 16.4. The standard InChI is InChI=1S/C47H51N5O9S2/c1-28-17-21-62-41(28)32-11-8-30(9-12-32)26-49-43(55)35-25-34(53)27-52(35)45(57)42(47(3,4)5)50-40(54)16-19-60-20-18-51-44(56)39(63-46(51)58)24-31-10-14-37(38(23-31)59-7)61-36-15-13-33(48-6)22-29(36)2/h8-15,17,21-24,34-35,42,53H,16,18-20,25-27H2,1-5,7H3,(H,49,55)(H,50,54)/b39-24-/t34-,35?,42+/m0/s1. The smallest absolute Gasteiger partial charge is 0.293 e. The number of likely N-dealkylation sites (tertiary alicyclic amines) is 1. The molecule has 3 atom stereocenters. The van der Waals surface area contributed by atoms with Gasteiger partial charge in [-0.1, -0.05) is 57.2 Å². The monoisotopic (exact) mass is 893 g/mol. The molecule has 16 heteroatoms. The molecule has 63 heavy (non-hydrogen) atoms. The molecule has 3 aromatic carbocycles. The lowest BCUT2D eigenvalue weighted by Gasteiger charge is -2.35. The van der Waals surface area contributed by atoms with Crippen LogP contribution in [0.1, 0.15) is 55.9 Å². The molecule has 3 N–H and O–H groups in total. The number of β-amino-alcohol motifs (C(OH)–C–C–N with tert-alkyl or cyclic N) is 1. The maximum absolute atomic E-state index is 14.0. The molecule has 2 aliphatic rings. The fourth-order valence-corrected chi connectivity index (χ4v) is 8.96. The van der Waals surface area contributed by atoms with Gasteiger partial charge in [-0.3, -0.25) is 28.9 Å². The molecule has 330 valence electrons. The molecule has 3 heterocycles. The average Bonchev–Trinajstić information content (AvgIpc) is 3.95. The Morgan fingerprint density at radius 2 is 1.73 bits per heavy atom. The lowest BCUT2D eigenvalue weighted by molar-refractivity contribution is -0.144. The topological polar surface area (TPSA) is 168 Å². The summed E-state index contributed by atoms with van der Waals surface area (Å²) in [6.07, 6.45) is 0.663. The van der Waals surface area contributed by atoms with Crippen LogP contribution in [0, 0.1) is 25.8 Å². The average molecular weight is 894 g/mol. The number of aliphatic hydroxyl groups is 1. The van der Waals surface area contributed by atoms with Crippen LogP contribution in [0.4, 0.5) is 10.5 Å². The summed E-state index contributed by atoms with van der Waals surface area (Å²) in [4.78, 5) is 73.9. The first-order chi connectivity index (χ1) is 30.1. The van der Waals surface area contributed by atoms with Crippen molar-refractivity contribution in [3.8, 4) is 27.7 Å². The van der Waals surface area contributed by atoms with Gasteiger partial charge in [0, 0.05) is 30.8 Å². The Morgan fingerprint density at radius 3 is 2.40 bits per heavy atom. The molecule has 4 aromatic rings. The molecule has 14 nitrogen and oxygen atoms in total. The van der Waals surface area contributed by atoms with Crippen LogP contribution in [0.15, 0.2) is 77.0 Å².